The third-order valence-corrected chi connectivity index (χ3v) is 4.86. The summed E-state index contributed by atoms with van der Waals surface area (Å²) in [4.78, 5) is 10.8. The fraction of sp³-hybridized carbons (Fsp3) is 0.889. The molecule has 90 valence electrons. The molecule has 0 aromatic heterocycles. The van der Waals surface area contributed by atoms with Gasteiger partial charge in [0.15, 0.2) is 14.6 Å². The molecular weight excluding hydrogens is 220 g/mol. The first-order valence-corrected chi connectivity index (χ1v) is 6.35. The van der Waals surface area contributed by atoms with Gasteiger partial charge in [-0.2, -0.15) is 0 Å². The highest BCUT2D eigenvalue weighted by atomic mass is 32.2. The quantitative estimate of drug-likeness (QED) is 0.660. The van der Waals surface area contributed by atoms with E-state index in [-0.39, 0.29) is 5.75 Å². The molecule has 1 N–H and O–H groups in total. The predicted octanol–water partition coefficient (Wildman–Crippen LogP) is 0.691. The predicted molar refractivity (Wildman–Crippen MR) is 56.6 cm³/mol. The lowest BCUT2D eigenvalue weighted by Gasteiger charge is -2.19. The summed E-state index contributed by atoms with van der Waals surface area (Å²) in [7, 11) is -2.06. The van der Waals surface area contributed by atoms with Crippen LogP contribution in [0.15, 0.2) is 0 Å². The zero-order valence-electron chi connectivity index (χ0n) is 9.32. The molecular formula is C9H18O5S. The zero-order chi connectivity index (χ0) is 12.1. The monoisotopic (exact) mass is 238 g/mol. The summed E-state index contributed by atoms with van der Waals surface area (Å²) in [5, 5.41) is 8.78. The van der Waals surface area contributed by atoms with E-state index in [4.69, 9.17) is 9.84 Å². The first kappa shape index (κ1) is 14.4. The van der Waals surface area contributed by atoms with E-state index in [1.165, 1.54) is 21.0 Å². The van der Waals surface area contributed by atoms with E-state index in [0.29, 0.717) is 19.4 Å². The van der Waals surface area contributed by atoms with Crippen LogP contribution in [0.25, 0.3) is 0 Å². The van der Waals surface area contributed by atoms with Gasteiger partial charge in [0.05, 0.1) is 5.75 Å². The standard InChI is InChI=1S/C9H18O5S/c1-9(2,8(10)11)15(12,13)7-5-4-6-14-3/h4-7H2,1-3H3,(H,10,11). The average molecular weight is 238 g/mol. The Morgan fingerprint density at radius 2 is 1.87 bits per heavy atom. The van der Waals surface area contributed by atoms with Crippen LogP contribution in [0, 0.1) is 0 Å². The van der Waals surface area contributed by atoms with Crippen LogP contribution in [-0.4, -0.2) is 43.7 Å². The normalized spacial score (nSPS) is 12.7. The molecule has 0 aliphatic rings. The molecule has 0 heterocycles. The summed E-state index contributed by atoms with van der Waals surface area (Å²) < 4.78 is 26.3. The van der Waals surface area contributed by atoms with Gasteiger partial charge in [-0.25, -0.2) is 8.42 Å². The minimum Gasteiger partial charge on any atom is -0.480 e. The van der Waals surface area contributed by atoms with Crippen molar-refractivity contribution >= 4 is 15.8 Å². The first-order chi connectivity index (χ1) is 6.75. The summed E-state index contributed by atoms with van der Waals surface area (Å²) in [5.74, 6) is -1.43. The van der Waals surface area contributed by atoms with E-state index in [1.807, 2.05) is 0 Å². The molecule has 15 heavy (non-hydrogen) atoms. The van der Waals surface area contributed by atoms with Crippen LogP contribution in [0.1, 0.15) is 26.7 Å². The summed E-state index contributed by atoms with van der Waals surface area (Å²) >= 11 is 0. The third-order valence-electron chi connectivity index (χ3n) is 2.30. The van der Waals surface area contributed by atoms with Crippen LogP contribution in [-0.2, 0) is 19.4 Å². The van der Waals surface area contributed by atoms with Gasteiger partial charge in [0.1, 0.15) is 0 Å². The molecule has 0 aliphatic carbocycles. The molecule has 0 radical (unpaired) electrons. The second-order valence-corrected chi connectivity index (χ2v) is 6.49. The fourth-order valence-electron chi connectivity index (χ4n) is 0.927. The van der Waals surface area contributed by atoms with Crippen LogP contribution in [0.2, 0.25) is 0 Å². The molecule has 0 spiro atoms. The first-order valence-electron chi connectivity index (χ1n) is 4.70. The number of ether oxygens (including phenoxy) is 1. The van der Waals surface area contributed by atoms with Crippen LogP contribution < -0.4 is 0 Å². The third kappa shape index (κ3) is 3.79. The molecule has 5 nitrogen and oxygen atoms in total. The lowest BCUT2D eigenvalue weighted by molar-refractivity contribution is -0.139. The number of carbonyl (C=O) groups is 1. The lowest BCUT2D eigenvalue weighted by Crippen LogP contribution is -2.41. The number of hydrogen-bond acceptors (Lipinski definition) is 4. The molecule has 6 heteroatoms. The van der Waals surface area contributed by atoms with Crippen LogP contribution >= 0.6 is 0 Å². The highest BCUT2D eigenvalue weighted by Crippen LogP contribution is 2.18. The Kier molecular flexibility index (Phi) is 5.23. The van der Waals surface area contributed by atoms with Crippen molar-refractivity contribution in [3.05, 3.63) is 0 Å². The number of carboxylic acids is 1. The highest BCUT2D eigenvalue weighted by molar-refractivity contribution is 7.93. The summed E-state index contributed by atoms with van der Waals surface area (Å²) in [6.07, 6.45) is 1.04. The van der Waals surface area contributed by atoms with E-state index in [2.05, 4.69) is 0 Å². The van der Waals surface area contributed by atoms with Crippen molar-refractivity contribution in [3.8, 4) is 0 Å². The largest absolute Gasteiger partial charge is 0.480 e. The summed E-state index contributed by atoms with van der Waals surface area (Å²) in [5.41, 5.74) is 0. The molecule has 0 bridgehead atoms. The Labute approximate surface area is 90.4 Å². The Morgan fingerprint density at radius 1 is 1.33 bits per heavy atom. The SMILES string of the molecule is COCCCCS(=O)(=O)C(C)(C)C(=O)O. The molecule has 0 fully saturated rings. The molecule has 0 rings (SSSR count). The van der Waals surface area contributed by atoms with Gasteiger partial charge in [-0.15, -0.1) is 0 Å². The number of methoxy groups -OCH3 is 1. The van der Waals surface area contributed by atoms with Gasteiger partial charge in [0, 0.05) is 13.7 Å². The van der Waals surface area contributed by atoms with E-state index >= 15 is 0 Å². The number of rotatable bonds is 7. The molecule has 0 amide bonds. The van der Waals surface area contributed by atoms with Crippen molar-refractivity contribution in [2.75, 3.05) is 19.5 Å². The van der Waals surface area contributed by atoms with Gasteiger partial charge < -0.3 is 9.84 Å². The smallest absolute Gasteiger partial charge is 0.324 e. The summed E-state index contributed by atoms with van der Waals surface area (Å²) in [6.45, 7) is 2.91. The zero-order valence-corrected chi connectivity index (χ0v) is 10.1. The molecule has 0 unspecified atom stereocenters. The molecule has 0 aromatic carbocycles. The number of carboxylic acid groups (broad SMARTS) is 1. The minimum atomic E-state index is -3.59. The topological polar surface area (TPSA) is 80.7 Å². The number of sulfone groups is 1. The van der Waals surface area contributed by atoms with Gasteiger partial charge in [-0.3, -0.25) is 4.79 Å². The van der Waals surface area contributed by atoms with Gasteiger partial charge in [0.25, 0.3) is 0 Å². The van der Waals surface area contributed by atoms with E-state index in [0.717, 1.165) is 0 Å². The van der Waals surface area contributed by atoms with E-state index in [1.54, 1.807) is 0 Å². The number of hydrogen-bond donors (Lipinski definition) is 1. The molecule has 0 atom stereocenters. The Bertz CT molecular complexity index is 304. The van der Waals surface area contributed by atoms with Gasteiger partial charge >= 0.3 is 5.97 Å². The number of aliphatic carboxylic acids is 1. The maximum Gasteiger partial charge on any atom is 0.324 e. The van der Waals surface area contributed by atoms with E-state index < -0.39 is 20.6 Å². The fourth-order valence-corrected chi connectivity index (χ4v) is 2.29. The Morgan fingerprint density at radius 3 is 2.27 bits per heavy atom. The Hall–Kier alpha value is -0.620. The average Bonchev–Trinajstić information content (AvgIpc) is 2.12. The van der Waals surface area contributed by atoms with E-state index in [9.17, 15) is 13.2 Å². The second-order valence-electron chi connectivity index (χ2n) is 3.83. The maximum absolute atomic E-state index is 11.6. The van der Waals surface area contributed by atoms with Crippen molar-refractivity contribution in [1.82, 2.24) is 0 Å². The minimum absolute atomic E-state index is 0.115. The van der Waals surface area contributed by atoms with Crippen molar-refractivity contribution in [2.24, 2.45) is 0 Å². The van der Waals surface area contributed by atoms with Gasteiger partial charge in [-0.05, 0) is 26.7 Å². The van der Waals surface area contributed by atoms with Gasteiger partial charge in [-0.1, -0.05) is 0 Å². The van der Waals surface area contributed by atoms with Crippen LogP contribution in [0.3, 0.4) is 0 Å². The molecule has 0 aliphatic heterocycles. The van der Waals surface area contributed by atoms with Crippen molar-refractivity contribution < 1.29 is 23.1 Å². The lowest BCUT2D eigenvalue weighted by atomic mass is 10.2. The van der Waals surface area contributed by atoms with Gasteiger partial charge in [0.2, 0.25) is 0 Å². The second kappa shape index (κ2) is 5.46. The van der Waals surface area contributed by atoms with Crippen LogP contribution in [0.4, 0.5) is 0 Å². The molecule has 0 aromatic rings. The van der Waals surface area contributed by atoms with Crippen LogP contribution in [0.5, 0.6) is 0 Å². The van der Waals surface area contributed by atoms with Crippen molar-refractivity contribution in [1.29, 1.82) is 0 Å². The maximum atomic E-state index is 11.6. The Balaban J connectivity index is 4.37. The molecule has 0 saturated heterocycles. The van der Waals surface area contributed by atoms with Crippen molar-refractivity contribution in [2.45, 2.75) is 31.4 Å². The number of unbranched alkanes of at least 4 members (excludes halogenated alkanes) is 1. The highest BCUT2D eigenvalue weighted by Gasteiger charge is 2.41. The molecule has 0 saturated carbocycles. The summed E-state index contributed by atoms with van der Waals surface area (Å²) in [6, 6.07) is 0. The van der Waals surface area contributed by atoms with Crippen molar-refractivity contribution in [3.63, 3.8) is 0 Å².